The van der Waals surface area contributed by atoms with Gasteiger partial charge in [-0.3, -0.25) is 14.5 Å². The van der Waals surface area contributed by atoms with Crippen LogP contribution in [-0.2, 0) is 27.4 Å². The van der Waals surface area contributed by atoms with E-state index in [0.717, 1.165) is 48.9 Å². The normalized spacial score (nSPS) is 27.0. The van der Waals surface area contributed by atoms with Crippen molar-refractivity contribution in [2.75, 3.05) is 11.9 Å². The molecule has 0 radical (unpaired) electrons. The molecule has 1 aromatic heterocycles. The van der Waals surface area contributed by atoms with Crippen LogP contribution in [0.15, 0.2) is 66.1 Å². The number of nitrogens with one attached hydrogen (secondary N) is 2. The van der Waals surface area contributed by atoms with Crippen LogP contribution in [0, 0.1) is 11.7 Å². The average Bonchev–Trinajstić information content (AvgIpc) is 3.43. The summed E-state index contributed by atoms with van der Waals surface area (Å²) < 4.78 is 20.2. The SMILES string of the molecule is O=C1N[C@@H]2C[C@H]2/C=C\CCCCC[C@H](Nc2nc(-c3ccccc3)cs2)C(=O)N2C[C@H](OC(=O)N3Cc4cccc(F)c4C3)C[C@@H]12. The summed E-state index contributed by atoms with van der Waals surface area (Å²) in [5, 5.41) is 9.14. The number of aromatic nitrogens is 1. The van der Waals surface area contributed by atoms with E-state index in [0.29, 0.717) is 23.0 Å². The summed E-state index contributed by atoms with van der Waals surface area (Å²) in [7, 11) is 0. The van der Waals surface area contributed by atoms with E-state index < -0.39 is 24.3 Å². The second kappa shape index (κ2) is 13.2. The monoisotopic (exact) mass is 643 g/mol. The van der Waals surface area contributed by atoms with Gasteiger partial charge in [0.05, 0.1) is 18.8 Å². The highest BCUT2D eigenvalue weighted by Crippen LogP contribution is 2.34. The van der Waals surface area contributed by atoms with Gasteiger partial charge in [0.25, 0.3) is 0 Å². The number of nitrogens with zero attached hydrogens (tertiary/aromatic N) is 3. The standard InChI is InChI=1S/C35H38FN5O4S/c36-27-14-9-13-24-18-40(20-26(24)27)35(44)45-25-17-31-32(42)37-29-16-23(29)12-5-2-1-3-8-15-28(33(43)41(31)19-25)38-34-39-30(21-46-34)22-10-6-4-7-11-22/h4-7,9-14,21,23,25,28-29,31H,1-3,8,15-20H2,(H,37,42)(H,38,39)/b12-5-/t23-,25-,28+,29-,31+/m1/s1. The molecule has 5 atom stereocenters. The molecule has 2 N–H and O–H groups in total. The van der Waals surface area contributed by atoms with Crippen molar-refractivity contribution in [2.24, 2.45) is 5.92 Å². The highest BCUT2D eigenvalue weighted by atomic mass is 32.1. The van der Waals surface area contributed by atoms with E-state index >= 15 is 0 Å². The van der Waals surface area contributed by atoms with Crippen LogP contribution in [0.5, 0.6) is 0 Å². The molecule has 3 aromatic rings. The van der Waals surface area contributed by atoms with E-state index in [-0.39, 0.29) is 49.7 Å². The number of hydrogen-bond acceptors (Lipinski definition) is 7. The molecule has 0 unspecified atom stereocenters. The quantitative estimate of drug-likeness (QED) is 0.345. The third kappa shape index (κ3) is 6.65. The zero-order valence-electron chi connectivity index (χ0n) is 25.6. The van der Waals surface area contributed by atoms with Crippen LogP contribution < -0.4 is 10.6 Å². The molecule has 9 nitrogen and oxygen atoms in total. The number of carbonyl (C=O) groups is 3. The lowest BCUT2D eigenvalue weighted by Gasteiger charge is -2.28. The number of carbonyl (C=O) groups excluding carboxylic acids is 3. The largest absolute Gasteiger partial charge is 0.444 e. The average molecular weight is 644 g/mol. The van der Waals surface area contributed by atoms with Gasteiger partial charge >= 0.3 is 6.09 Å². The summed E-state index contributed by atoms with van der Waals surface area (Å²) in [6.07, 6.45) is 8.66. The molecule has 4 aliphatic rings. The minimum absolute atomic E-state index is 0.0473. The number of benzene rings is 2. The summed E-state index contributed by atoms with van der Waals surface area (Å²) in [6.45, 7) is 0.491. The molecule has 4 heterocycles. The number of amides is 3. The lowest BCUT2D eigenvalue weighted by Crippen LogP contribution is -2.51. The van der Waals surface area contributed by atoms with Crippen molar-refractivity contribution in [3.05, 3.63) is 83.0 Å². The molecule has 1 saturated carbocycles. The van der Waals surface area contributed by atoms with Crippen molar-refractivity contribution in [1.29, 1.82) is 0 Å². The molecule has 11 heteroatoms. The Morgan fingerprint density at radius 2 is 1.91 bits per heavy atom. The van der Waals surface area contributed by atoms with Gasteiger partial charge < -0.3 is 20.3 Å². The van der Waals surface area contributed by atoms with Crippen molar-refractivity contribution in [1.82, 2.24) is 20.1 Å². The zero-order valence-corrected chi connectivity index (χ0v) is 26.4. The summed E-state index contributed by atoms with van der Waals surface area (Å²) in [5.41, 5.74) is 3.08. The van der Waals surface area contributed by atoms with E-state index in [1.807, 2.05) is 35.7 Å². The Kier molecular flexibility index (Phi) is 8.75. The van der Waals surface area contributed by atoms with Crippen LogP contribution in [0.1, 0.15) is 56.1 Å². The first-order chi connectivity index (χ1) is 22.4. The minimum Gasteiger partial charge on any atom is -0.444 e. The number of anilines is 1. The van der Waals surface area contributed by atoms with Crippen LogP contribution >= 0.6 is 11.3 Å². The van der Waals surface area contributed by atoms with Crippen LogP contribution in [0.3, 0.4) is 0 Å². The van der Waals surface area contributed by atoms with Crippen LogP contribution in [-0.4, -0.2) is 63.5 Å². The molecule has 46 heavy (non-hydrogen) atoms. The number of hydrogen-bond donors (Lipinski definition) is 2. The Hall–Kier alpha value is -4.25. The molecule has 3 amide bonds. The van der Waals surface area contributed by atoms with Crippen molar-refractivity contribution in [2.45, 2.75) is 82.3 Å². The second-order valence-electron chi connectivity index (χ2n) is 12.7. The molecule has 0 spiro atoms. The Morgan fingerprint density at radius 1 is 1.04 bits per heavy atom. The van der Waals surface area contributed by atoms with E-state index in [1.54, 1.807) is 17.0 Å². The maximum Gasteiger partial charge on any atom is 0.410 e. The van der Waals surface area contributed by atoms with Gasteiger partial charge in [0.2, 0.25) is 11.8 Å². The van der Waals surface area contributed by atoms with Gasteiger partial charge in [0, 0.05) is 35.5 Å². The molecular formula is C35H38FN5O4S. The molecule has 1 aliphatic carbocycles. The molecule has 7 rings (SSSR count). The minimum atomic E-state index is -0.769. The van der Waals surface area contributed by atoms with Crippen molar-refractivity contribution in [3.63, 3.8) is 0 Å². The van der Waals surface area contributed by atoms with Gasteiger partial charge in [-0.15, -0.1) is 11.3 Å². The number of fused-ring (bicyclic) bond motifs is 3. The molecule has 0 bridgehead atoms. The number of rotatable bonds is 4. The predicted molar refractivity (Wildman–Crippen MR) is 173 cm³/mol. The Morgan fingerprint density at radius 3 is 2.76 bits per heavy atom. The number of ether oxygens (including phenoxy) is 1. The lowest BCUT2D eigenvalue weighted by molar-refractivity contribution is -0.139. The number of thiazole rings is 1. The zero-order chi connectivity index (χ0) is 31.6. The molecule has 2 fully saturated rings. The molecule has 1 saturated heterocycles. The number of halogens is 1. The molecule has 2 aromatic carbocycles. The molecule has 3 aliphatic heterocycles. The fourth-order valence-corrected chi connectivity index (χ4v) is 7.49. The van der Waals surface area contributed by atoms with Gasteiger partial charge in [-0.2, -0.15) is 0 Å². The topological polar surface area (TPSA) is 104 Å². The van der Waals surface area contributed by atoms with E-state index in [4.69, 9.17) is 9.72 Å². The van der Waals surface area contributed by atoms with Gasteiger partial charge in [-0.05, 0) is 43.2 Å². The van der Waals surface area contributed by atoms with Crippen LogP contribution in [0.4, 0.5) is 14.3 Å². The third-order valence-electron chi connectivity index (χ3n) is 9.38. The first-order valence-electron chi connectivity index (χ1n) is 16.2. The predicted octanol–water partition coefficient (Wildman–Crippen LogP) is 5.88. The smallest absolute Gasteiger partial charge is 0.410 e. The van der Waals surface area contributed by atoms with Gasteiger partial charge in [0.1, 0.15) is 24.0 Å². The summed E-state index contributed by atoms with van der Waals surface area (Å²) in [5.74, 6) is -0.461. The van der Waals surface area contributed by atoms with E-state index in [1.165, 1.54) is 22.3 Å². The van der Waals surface area contributed by atoms with E-state index in [2.05, 4.69) is 22.8 Å². The highest BCUT2D eigenvalue weighted by molar-refractivity contribution is 7.14. The van der Waals surface area contributed by atoms with Crippen molar-refractivity contribution < 1.29 is 23.5 Å². The first-order valence-corrected chi connectivity index (χ1v) is 17.1. The van der Waals surface area contributed by atoms with Gasteiger partial charge in [-0.1, -0.05) is 67.5 Å². The first kappa shape index (κ1) is 30.4. The Bertz CT molecular complexity index is 1630. The fourth-order valence-electron chi connectivity index (χ4n) is 6.72. The Labute approximate surface area is 271 Å². The van der Waals surface area contributed by atoms with Gasteiger partial charge in [-0.25, -0.2) is 14.2 Å². The Balaban J connectivity index is 1.09. The summed E-state index contributed by atoms with van der Waals surface area (Å²) in [6, 6.07) is 13.4. The maximum atomic E-state index is 14.3. The van der Waals surface area contributed by atoms with Crippen molar-refractivity contribution in [3.8, 4) is 11.3 Å². The molecule has 240 valence electrons. The van der Waals surface area contributed by atoms with E-state index in [9.17, 15) is 18.8 Å². The highest BCUT2D eigenvalue weighted by Gasteiger charge is 2.46. The lowest BCUT2D eigenvalue weighted by atomic mass is 10.1. The van der Waals surface area contributed by atoms with Crippen molar-refractivity contribution >= 4 is 34.4 Å². The summed E-state index contributed by atoms with van der Waals surface area (Å²) >= 11 is 1.45. The van der Waals surface area contributed by atoms with Crippen LogP contribution in [0.25, 0.3) is 11.3 Å². The fraction of sp³-hybridized carbons (Fsp3) is 0.429. The van der Waals surface area contributed by atoms with Crippen LogP contribution in [0.2, 0.25) is 0 Å². The second-order valence-corrected chi connectivity index (χ2v) is 13.5. The third-order valence-corrected chi connectivity index (χ3v) is 10.2. The van der Waals surface area contributed by atoms with Gasteiger partial charge in [0.15, 0.2) is 5.13 Å². The summed E-state index contributed by atoms with van der Waals surface area (Å²) in [4.78, 5) is 49.0. The molecular weight excluding hydrogens is 605 g/mol. The maximum absolute atomic E-state index is 14.3. The number of allylic oxidation sites excluding steroid dienone is 1.